The monoisotopic (exact) mass is 259 g/mol. The smallest absolute Gasteiger partial charge is 0.206 e. The molecular weight excluding hydrogens is 242 g/mol. The van der Waals surface area contributed by atoms with Gasteiger partial charge in [0.25, 0.3) is 0 Å². The molecule has 0 aliphatic carbocycles. The van der Waals surface area contributed by atoms with Gasteiger partial charge in [-0.25, -0.2) is 15.8 Å². The number of hydrogen-bond donors (Lipinski definition) is 2. The summed E-state index contributed by atoms with van der Waals surface area (Å²) in [5.74, 6) is 7.03. The average molecular weight is 259 g/mol. The summed E-state index contributed by atoms with van der Waals surface area (Å²) in [4.78, 5) is 10.2. The number of nitrogens with zero attached hydrogens (tertiary/aromatic N) is 3. The highest BCUT2D eigenvalue weighted by atomic mass is 16.5. The van der Waals surface area contributed by atoms with Crippen LogP contribution in [0.15, 0.2) is 30.6 Å². The minimum Gasteiger partial charge on any atom is -0.490 e. The second-order valence-electron chi connectivity index (χ2n) is 4.12. The summed E-state index contributed by atoms with van der Waals surface area (Å²) in [5.41, 5.74) is 4.69. The molecule has 0 spiro atoms. The van der Waals surface area contributed by atoms with Gasteiger partial charge in [0.2, 0.25) is 5.75 Å². The first-order valence-corrected chi connectivity index (χ1v) is 5.83. The molecule has 0 aliphatic rings. The van der Waals surface area contributed by atoms with Crippen LogP contribution in [0.1, 0.15) is 5.56 Å². The number of hydrazine groups is 1. The Morgan fingerprint density at radius 2 is 2.11 bits per heavy atom. The lowest BCUT2D eigenvalue weighted by molar-refractivity contribution is 0.414. The topological polar surface area (TPSA) is 76.3 Å². The van der Waals surface area contributed by atoms with Crippen LogP contribution in [0, 0.1) is 6.92 Å². The van der Waals surface area contributed by atoms with Gasteiger partial charge in [-0.1, -0.05) is 12.1 Å². The van der Waals surface area contributed by atoms with E-state index in [0.717, 1.165) is 5.69 Å². The van der Waals surface area contributed by atoms with Crippen molar-refractivity contribution in [3.05, 3.63) is 36.2 Å². The van der Waals surface area contributed by atoms with Crippen molar-refractivity contribution in [3.63, 3.8) is 0 Å². The Bertz CT molecular complexity index is 573. The molecule has 100 valence electrons. The lowest BCUT2D eigenvalue weighted by Gasteiger charge is -2.21. The molecule has 6 heteroatoms. The zero-order chi connectivity index (χ0) is 13.8. The Balaban J connectivity index is 2.46. The van der Waals surface area contributed by atoms with E-state index in [-0.39, 0.29) is 0 Å². The van der Waals surface area contributed by atoms with Gasteiger partial charge in [0.15, 0.2) is 11.6 Å². The molecule has 0 saturated heterocycles. The predicted molar refractivity (Wildman–Crippen MR) is 75.6 cm³/mol. The number of nitrogens with one attached hydrogen (secondary N) is 1. The van der Waals surface area contributed by atoms with Gasteiger partial charge in [-0.15, -0.1) is 0 Å². The van der Waals surface area contributed by atoms with Crippen LogP contribution >= 0.6 is 0 Å². The number of rotatable bonds is 4. The minimum atomic E-state index is 0.451. The highest BCUT2D eigenvalue weighted by molar-refractivity contribution is 5.70. The molecule has 0 unspecified atom stereocenters. The van der Waals surface area contributed by atoms with Crippen LogP contribution in [0.5, 0.6) is 5.75 Å². The second-order valence-corrected chi connectivity index (χ2v) is 4.12. The second kappa shape index (κ2) is 5.53. The van der Waals surface area contributed by atoms with E-state index < -0.39 is 0 Å². The molecule has 2 rings (SSSR count). The number of hydrogen-bond acceptors (Lipinski definition) is 6. The summed E-state index contributed by atoms with van der Waals surface area (Å²) in [7, 11) is 3.48. The van der Waals surface area contributed by atoms with Crippen LogP contribution in [0.2, 0.25) is 0 Å². The number of nitrogens with two attached hydrogens (primary N) is 1. The van der Waals surface area contributed by atoms with E-state index in [1.54, 1.807) is 7.11 Å². The van der Waals surface area contributed by atoms with E-state index in [0.29, 0.717) is 17.4 Å². The van der Waals surface area contributed by atoms with Crippen molar-refractivity contribution in [1.29, 1.82) is 0 Å². The maximum atomic E-state index is 5.42. The van der Waals surface area contributed by atoms with Gasteiger partial charge >= 0.3 is 0 Å². The fourth-order valence-electron chi connectivity index (χ4n) is 1.85. The zero-order valence-electron chi connectivity index (χ0n) is 11.2. The molecule has 0 atom stereocenters. The molecule has 0 bridgehead atoms. The fraction of sp³-hybridized carbons (Fsp3) is 0.231. The Hall–Kier alpha value is -2.34. The molecule has 6 nitrogen and oxygen atoms in total. The first-order valence-electron chi connectivity index (χ1n) is 5.83. The van der Waals surface area contributed by atoms with Crippen LogP contribution in [-0.2, 0) is 0 Å². The van der Waals surface area contributed by atoms with Crippen LogP contribution in [0.3, 0.4) is 0 Å². The number of benzene rings is 1. The first-order chi connectivity index (χ1) is 9.17. The highest BCUT2D eigenvalue weighted by Crippen LogP contribution is 2.34. The average Bonchev–Trinajstić information content (AvgIpc) is 2.45. The normalized spacial score (nSPS) is 10.1. The molecule has 1 heterocycles. The number of aryl methyl sites for hydroxylation is 1. The van der Waals surface area contributed by atoms with Crippen molar-refractivity contribution in [1.82, 2.24) is 9.97 Å². The quantitative estimate of drug-likeness (QED) is 0.644. The number of methoxy groups -OCH3 is 1. The van der Waals surface area contributed by atoms with Gasteiger partial charge in [0, 0.05) is 12.7 Å². The van der Waals surface area contributed by atoms with E-state index >= 15 is 0 Å². The molecule has 3 N–H and O–H groups in total. The van der Waals surface area contributed by atoms with Crippen molar-refractivity contribution in [2.24, 2.45) is 5.84 Å². The lowest BCUT2D eigenvalue weighted by Crippen LogP contribution is -2.16. The largest absolute Gasteiger partial charge is 0.490 e. The predicted octanol–water partition coefficient (Wildman–Crippen LogP) is 1.85. The summed E-state index contributed by atoms with van der Waals surface area (Å²) in [6, 6.07) is 8.11. The van der Waals surface area contributed by atoms with E-state index in [9.17, 15) is 0 Å². The summed E-state index contributed by atoms with van der Waals surface area (Å²) < 4.78 is 5.33. The van der Waals surface area contributed by atoms with Gasteiger partial charge in [-0.2, -0.15) is 0 Å². The number of aromatic nitrogens is 2. The summed E-state index contributed by atoms with van der Waals surface area (Å²) >= 11 is 0. The third-order valence-electron chi connectivity index (χ3n) is 2.83. The van der Waals surface area contributed by atoms with E-state index in [1.165, 1.54) is 11.9 Å². The Morgan fingerprint density at radius 1 is 1.32 bits per heavy atom. The van der Waals surface area contributed by atoms with Gasteiger partial charge in [0.1, 0.15) is 6.33 Å². The van der Waals surface area contributed by atoms with E-state index in [1.807, 2.05) is 37.1 Å². The Labute approximate surface area is 112 Å². The van der Waals surface area contributed by atoms with Gasteiger partial charge < -0.3 is 15.1 Å². The van der Waals surface area contributed by atoms with Crippen LogP contribution in [0.25, 0.3) is 0 Å². The number of nitrogen functional groups attached to an aromatic ring is 1. The van der Waals surface area contributed by atoms with Crippen LogP contribution < -0.4 is 20.9 Å². The minimum absolute atomic E-state index is 0.451. The maximum Gasteiger partial charge on any atom is 0.206 e. The molecular formula is C13H17N5O. The van der Waals surface area contributed by atoms with E-state index in [2.05, 4.69) is 21.5 Å². The Kier molecular flexibility index (Phi) is 3.82. The number of anilines is 3. The van der Waals surface area contributed by atoms with Crippen LogP contribution in [0.4, 0.5) is 17.3 Å². The molecule has 0 radical (unpaired) electrons. The lowest BCUT2D eigenvalue weighted by atomic mass is 10.2. The highest BCUT2D eigenvalue weighted by Gasteiger charge is 2.16. The van der Waals surface area contributed by atoms with Gasteiger partial charge in [-0.3, -0.25) is 0 Å². The fourth-order valence-corrected chi connectivity index (χ4v) is 1.85. The van der Waals surface area contributed by atoms with Crippen molar-refractivity contribution >= 4 is 17.3 Å². The molecule has 1 aromatic carbocycles. The van der Waals surface area contributed by atoms with Gasteiger partial charge in [0.05, 0.1) is 7.11 Å². The van der Waals surface area contributed by atoms with Crippen molar-refractivity contribution < 1.29 is 4.74 Å². The molecule has 19 heavy (non-hydrogen) atoms. The molecule has 0 amide bonds. The summed E-state index contributed by atoms with van der Waals surface area (Å²) in [6.45, 7) is 2.04. The SMILES string of the molecule is COc1c(NN)ncnc1N(C)c1cccc(C)c1. The van der Waals surface area contributed by atoms with Crippen molar-refractivity contribution in [3.8, 4) is 5.75 Å². The van der Waals surface area contributed by atoms with Crippen molar-refractivity contribution in [2.75, 3.05) is 24.5 Å². The summed E-state index contributed by atoms with van der Waals surface area (Å²) in [6.07, 6.45) is 1.44. The maximum absolute atomic E-state index is 5.42. The summed E-state index contributed by atoms with van der Waals surface area (Å²) in [5, 5.41) is 0. The molecule has 0 saturated carbocycles. The molecule has 0 aliphatic heterocycles. The van der Waals surface area contributed by atoms with Crippen molar-refractivity contribution in [2.45, 2.75) is 6.92 Å². The molecule has 0 fully saturated rings. The molecule has 2 aromatic rings. The van der Waals surface area contributed by atoms with Gasteiger partial charge in [-0.05, 0) is 24.6 Å². The first kappa shape index (κ1) is 13.1. The third kappa shape index (κ3) is 2.58. The van der Waals surface area contributed by atoms with E-state index in [4.69, 9.17) is 10.6 Å². The zero-order valence-corrected chi connectivity index (χ0v) is 11.2. The van der Waals surface area contributed by atoms with Crippen LogP contribution in [-0.4, -0.2) is 24.1 Å². The standard InChI is InChI=1S/C13H17N5O/c1-9-5-4-6-10(7-9)18(2)13-11(19-3)12(17-14)15-8-16-13/h4-8H,14H2,1-3H3,(H,15,16,17). The number of ether oxygens (including phenoxy) is 1. The third-order valence-corrected chi connectivity index (χ3v) is 2.83. The molecule has 1 aromatic heterocycles. The Morgan fingerprint density at radius 3 is 2.74 bits per heavy atom.